The quantitative estimate of drug-likeness (QED) is 0.701. The van der Waals surface area contributed by atoms with Crippen LogP contribution in [-0.4, -0.2) is 70.5 Å². The molecule has 0 atom stereocenters. The Morgan fingerprint density at radius 1 is 0.969 bits per heavy atom. The molecule has 3 rings (SSSR count). The van der Waals surface area contributed by atoms with Gasteiger partial charge in [0.05, 0.1) is 28.4 Å². The Labute approximate surface area is 189 Å². The number of nitrogens with one attached hydrogen (secondary N) is 1. The molecule has 1 N–H and O–H groups in total. The maximum atomic E-state index is 12.9. The summed E-state index contributed by atoms with van der Waals surface area (Å²) in [4.78, 5) is 21.3. The van der Waals surface area contributed by atoms with Crippen LogP contribution in [0.2, 0.25) is 0 Å². The molecular weight excluding hydrogens is 412 g/mol. The van der Waals surface area contributed by atoms with Crippen molar-refractivity contribution in [3.8, 4) is 23.1 Å². The molecule has 2 heterocycles. The van der Waals surface area contributed by atoms with Crippen LogP contribution >= 0.6 is 0 Å². The van der Waals surface area contributed by atoms with Crippen molar-refractivity contribution in [3.05, 3.63) is 29.5 Å². The molecule has 9 nitrogen and oxygen atoms in total. The van der Waals surface area contributed by atoms with E-state index in [0.29, 0.717) is 55.0 Å². The maximum Gasteiger partial charge on any atom is 0.322 e. The van der Waals surface area contributed by atoms with E-state index >= 15 is 0 Å². The van der Waals surface area contributed by atoms with Crippen molar-refractivity contribution in [2.75, 3.05) is 64.8 Å². The SMILES string of the molecule is CCc1cc(NC(=O)N2CCN(c3cc(OC)c(OC)c(OC)c3)CC2)c(OC)nc1C. The molecular formula is C23H32N4O5. The van der Waals surface area contributed by atoms with Gasteiger partial charge in [0.15, 0.2) is 11.5 Å². The summed E-state index contributed by atoms with van der Waals surface area (Å²) < 4.78 is 21.7. The number of piperazine rings is 1. The van der Waals surface area contributed by atoms with E-state index in [1.807, 2.05) is 25.1 Å². The minimum absolute atomic E-state index is 0.166. The van der Waals surface area contributed by atoms with Crippen molar-refractivity contribution < 1.29 is 23.7 Å². The van der Waals surface area contributed by atoms with Gasteiger partial charge in [-0.2, -0.15) is 0 Å². The van der Waals surface area contributed by atoms with Crippen molar-refractivity contribution >= 4 is 17.4 Å². The van der Waals surface area contributed by atoms with Gasteiger partial charge in [0.2, 0.25) is 11.6 Å². The second-order valence-corrected chi connectivity index (χ2v) is 7.43. The highest BCUT2D eigenvalue weighted by Gasteiger charge is 2.24. The number of hydrogen-bond acceptors (Lipinski definition) is 7. The summed E-state index contributed by atoms with van der Waals surface area (Å²) in [6, 6.07) is 5.62. The van der Waals surface area contributed by atoms with E-state index in [-0.39, 0.29) is 6.03 Å². The standard InChI is InChI=1S/C23H32N4O5/c1-7-16-12-18(22(32-6)24-15(16)2)25-23(28)27-10-8-26(9-11-27)17-13-19(29-3)21(31-5)20(14-17)30-4/h12-14H,7-11H2,1-6H3,(H,25,28). The van der Waals surface area contributed by atoms with Gasteiger partial charge in [-0.1, -0.05) is 6.92 Å². The molecule has 0 aliphatic carbocycles. The number of anilines is 2. The lowest BCUT2D eigenvalue weighted by Crippen LogP contribution is -2.50. The topological polar surface area (TPSA) is 85.4 Å². The monoisotopic (exact) mass is 444 g/mol. The summed E-state index contributed by atoms with van der Waals surface area (Å²) in [5.41, 5.74) is 3.53. The number of amides is 2. The second-order valence-electron chi connectivity index (χ2n) is 7.43. The first-order valence-electron chi connectivity index (χ1n) is 10.6. The van der Waals surface area contributed by atoms with Gasteiger partial charge in [-0.25, -0.2) is 9.78 Å². The first kappa shape index (κ1) is 23.3. The predicted molar refractivity (Wildman–Crippen MR) is 124 cm³/mol. The highest BCUT2D eigenvalue weighted by molar-refractivity contribution is 5.91. The molecule has 2 amide bonds. The van der Waals surface area contributed by atoms with Crippen LogP contribution < -0.4 is 29.2 Å². The molecule has 9 heteroatoms. The van der Waals surface area contributed by atoms with Crippen molar-refractivity contribution in [3.63, 3.8) is 0 Å². The molecule has 1 fully saturated rings. The van der Waals surface area contributed by atoms with Crippen LogP contribution in [0.1, 0.15) is 18.2 Å². The van der Waals surface area contributed by atoms with E-state index in [1.165, 1.54) is 0 Å². The summed E-state index contributed by atoms with van der Waals surface area (Å²) in [6.45, 7) is 6.50. The van der Waals surface area contributed by atoms with Crippen LogP contribution in [0.15, 0.2) is 18.2 Å². The third-order valence-electron chi connectivity index (χ3n) is 5.68. The largest absolute Gasteiger partial charge is 0.493 e. The third kappa shape index (κ3) is 4.76. The fraction of sp³-hybridized carbons (Fsp3) is 0.478. The van der Waals surface area contributed by atoms with Crippen LogP contribution in [0.3, 0.4) is 0 Å². The molecule has 1 aromatic carbocycles. The number of aryl methyl sites for hydroxylation is 2. The maximum absolute atomic E-state index is 12.9. The van der Waals surface area contributed by atoms with Gasteiger partial charge in [0, 0.05) is 49.7 Å². The van der Waals surface area contributed by atoms with Gasteiger partial charge in [0.25, 0.3) is 0 Å². The average Bonchev–Trinajstić information content (AvgIpc) is 2.83. The van der Waals surface area contributed by atoms with Crippen LogP contribution in [0.4, 0.5) is 16.2 Å². The first-order chi connectivity index (χ1) is 15.4. The Hall–Kier alpha value is -3.36. The predicted octanol–water partition coefficient (Wildman–Crippen LogP) is 3.34. The van der Waals surface area contributed by atoms with Gasteiger partial charge in [-0.15, -0.1) is 0 Å². The number of urea groups is 1. The molecule has 2 aromatic rings. The molecule has 0 spiro atoms. The molecule has 32 heavy (non-hydrogen) atoms. The number of methoxy groups -OCH3 is 4. The molecule has 1 aliphatic rings. The molecule has 0 bridgehead atoms. The fourth-order valence-corrected chi connectivity index (χ4v) is 3.84. The minimum Gasteiger partial charge on any atom is -0.493 e. The Kier molecular flexibility index (Phi) is 7.50. The van der Waals surface area contributed by atoms with E-state index < -0.39 is 0 Å². The minimum atomic E-state index is -0.166. The normalized spacial score (nSPS) is 13.6. The number of carbonyl (C=O) groups is 1. The zero-order valence-electron chi connectivity index (χ0n) is 19.7. The molecule has 1 aromatic heterocycles. The number of hydrogen-bond donors (Lipinski definition) is 1. The lowest BCUT2D eigenvalue weighted by Gasteiger charge is -2.36. The van der Waals surface area contributed by atoms with Gasteiger partial charge in [0.1, 0.15) is 5.69 Å². The summed E-state index contributed by atoms with van der Waals surface area (Å²) in [7, 11) is 6.34. The van der Waals surface area contributed by atoms with Gasteiger partial charge >= 0.3 is 6.03 Å². The van der Waals surface area contributed by atoms with Crippen molar-refractivity contribution in [1.29, 1.82) is 0 Å². The molecule has 0 unspecified atom stereocenters. The molecule has 0 saturated carbocycles. The molecule has 174 valence electrons. The highest BCUT2D eigenvalue weighted by atomic mass is 16.5. The second kappa shape index (κ2) is 10.3. The average molecular weight is 445 g/mol. The summed E-state index contributed by atoms with van der Waals surface area (Å²) in [5, 5.41) is 2.96. The van der Waals surface area contributed by atoms with Crippen LogP contribution in [-0.2, 0) is 6.42 Å². The number of ether oxygens (including phenoxy) is 4. The van der Waals surface area contributed by atoms with Crippen LogP contribution in [0, 0.1) is 6.92 Å². The summed E-state index contributed by atoms with van der Waals surface area (Å²) in [5.74, 6) is 2.19. The van der Waals surface area contributed by atoms with E-state index in [9.17, 15) is 4.79 Å². The fourth-order valence-electron chi connectivity index (χ4n) is 3.84. The zero-order valence-corrected chi connectivity index (χ0v) is 19.7. The Morgan fingerprint density at radius 3 is 2.09 bits per heavy atom. The lowest BCUT2D eigenvalue weighted by atomic mass is 10.1. The number of rotatable bonds is 7. The van der Waals surface area contributed by atoms with Crippen molar-refractivity contribution in [2.45, 2.75) is 20.3 Å². The molecule has 1 saturated heterocycles. The Bertz CT molecular complexity index is 933. The summed E-state index contributed by atoms with van der Waals surface area (Å²) in [6.07, 6.45) is 0.832. The van der Waals surface area contributed by atoms with Crippen molar-refractivity contribution in [1.82, 2.24) is 9.88 Å². The number of nitrogens with zero attached hydrogens (tertiary/aromatic N) is 3. The Morgan fingerprint density at radius 2 is 1.59 bits per heavy atom. The van der Waals surface area contributed by atoms with Crippen LogP contribution in [0.5, 0.6) is 23.1 Å². The van der Waals surface area contributed by atoms with E-state index in [4.69, 9.17) is 18.9 Å². The first-order valence-corrected chi connectivity index (χ1v) is 10.6. The van der Waals surface area contributed by atoms with E-state index in [0.717, 1.165) is 23.4 Å². The number of carbonyl (C=O) groups excluding carboxylic acids is 1. The summed E-state index contributed by atoms with van der Waals surface area (Å²) >= 11 is 0. The smallest absolute Gasteiger partial charge is 0.322 e. The molecule has 0 radical (unpaired) electrons. The number of aromatic nitrogens is 1. The highest BCUT2D eigenvalue weighted by Crippen LogP contribution is 2.41. The molecule has 1 aliphatic heterocycles. The van der Waals surface area contributed by atoms with Gasteiger partial charge in [-0.3, -0.25) is 0 Å². The Balaban J connectivity index is 1.69. The number of benzene rings is 1. The van der Waals surface area contributed by atoms with Gasteiger partial charge in [-0.05, 0) is 25.0 Å². The zero-order chi connectivity index (χ0) is 23.3. The third-order valence-corrected chi connectivity index (χ3v) is 5.68. The van der Waals surface area contributed by atoms with E-state index in [2.05, 4.69) is 22.1 Å². The number of pyridine rings is 1. The van der Waals surface area contributed by atoms with E-state index in [1.54, 1.807) is 33.3 Å². The lowest BCUT2D eigenvalue weighted by molar-refractivity contribution is 0.208. The van der Waals surface area contributed by atoms with Gasteiger partial charge < -0.3 is 34.1 Å². The van der Waals surface area contributed by atoms with Crippen LogP contribution in [0.25, 0.3) is 0 Å². The van der Waals surface area contributed by atoms with Crippen molar-refractivity contribution in [2.24, 2.45) is 0 Å².